The van der Waals surface area contributed by atoms with E-state index in [0.29, 0.717) is 19.0 Å². The molecular formula is C19H19N3O2S2. The molecule has 0 spiro atoms. The summed E-state index contributed by atoms with van der Waals surface area (Å²) in [6.45, 7) is 5.09. The number of ether oxygens (including phenoxy) is 2. The fraction of sp³-hybridized carbons (Fsp3) is 0.211. The van der Waals surface area contributed by atoms with Crippen LogP contribution in [0.25, 0.3) is 22.0 Å². The van der Waals surface area contributed by atoms with Gasteiger partial charge >= 0.3 is 0 Å². The standard InChI is InChI=1S/C19H19N3O2S2/c1-3-23-16-9-8-13(10-17(16)24-4-2)19-22-15(11-26-19)14-6-5-7-18(21-14)20-12-25/h5-12H,3-4H2,1-2H3,(H,20,21,25). The molecule has 0 saturated heterocycles. The van der Waals surface area contributed by atoms with E-state index in [1.165, 1.54) is 5.49 Å². The lowest BCUT2D eigenvalue weighted by Crippen LogP contribution is -1.98. The minimum absolute atomic E-state index is 0.580. The minimum Gasteiger partial charge on any atom is -0.490 e. The zero-order valence-corrected chi connectivity index (χ0v) is 16.2. The summed E-state index contributed by atoms with van der Waals surface area (Å²) in [6.07, 6.45) is 0. The summed E-state index contributed by atoms with van der Waals surface area (Å²) in [4.78, 5) is 9.24. The van der Waals surface area contributed by atoms with Gasteiger partial charge in [0, 0.05) is 10.9 Å². The minimum atomic E-state index is 0.580. The maximum absolute atomic E-state index is 5.70. The van der Waals surface area contributed by atoms with Gasteiger partial charge in [-0.05, 0) is 44.2 Å². The second-order valence-electron chi connectivity index (χ2n) is 5.24. The lowest BCUT2D eigenvalue weighted by molar-refractivity contribution is 0.288. The Bertz CT molecular complexity index is 896. The van der Waals surface area contributed by atoms with Crippen molar-refractivity contribution in [2.45, 2.75) is 13.8 Å². The topological polar surface area (TPSA) is 56.3 Å². The fourth-order valence-corrected chi connectivity index (χ4v) is 3.36. The molecule has 2 aromatic heterocycles. The molecule has 0 aliphatic carbocycles. The summed E-state index contributed by atoms with van der Waals surface area (Å²) in [5, 5.41) is 5.82. The van der Waals surface area contributed by atoms with Crippen molar-refractivity contribution in [2.24, 2.45) is 0 Å². The second kappa shape index (κ2) is 8.73. The second-order valence-corrected chi connectivity index (χ2v) is 6.33. The first-order valence-electron chi connectivity index (χ1n) is 8.28. The molecule has 26 heavy (non-hydrogen) atoms. The third-order valence-corrected chi connectivity index (χ3v) is 4.52. The molecule has 7 heteroatoms. The molecule has 0 aliphatic heterocycles. The number of nitrogens with zero attached hydrogens (tertiary/aromatic N) is 2. The Morgan fingerprint density at radius 1 is 1.04 bits per heavy atom. The van der Waals surface area contributed by atoms with E-state index in [-0.39, 0.29) is 0 Å². The van der Waals surface area contributed by atoms with Crippen molar-refractivity contribution < 1.29 is 9.47 Å². The van der Waals surface area contributed by atoms with Crippen LogP contribution in [0.15, 0.2) is 41.8 Å². The van der Waals surface area contributed by atoms with E-state index in [9.17, 15) is 0 Å². The molecule has 1 aromatic carbocycles. The van der Waals surface area contributed by atoms with Gasteiger partial charge in [0.2, 0.25) is 0 Å². The lowest BCUT2D eigenvalue weighted by Gasteiger charge is -2.11. The number of pyridine rings is 1. The summed E-state index contributed by atoms with van der Waals surface area (Å²) >= 11 is 6.38. The molecule has 0 bridgehead atoms. The molecule has 0 fully saturated rings. The van der Waals surface area contributed by atoms with Crippen molar-refractivity contribution in [2.75, 3.05) is 18.5 Å². The van der Waals surface area contributed by atoms with E-state index in [1.807, 2.05) is 55.6 Å². The van der Waals surface area contributed by atoms with Gasteiger partial charge in [0.05, 0.1) is 24.4 Å². The summed E-state index contributed by atoms with van der Waals surface area (Å²) in [5.74, 6) is 2.18. The number of anilines is 1. The van der Waals surface area contributed by atoms with Crippen LogP contribution in [-0.4, -0.2) is 28.7 Å². The van der Waals surface area contributed by atoms with E-state index in [1.54, 1.807) is 11.3 Å². The van der Waals surface area contributed by atoms with E-state index in [2.05, 4.69) is 10.3 Å². The summed E-state index contributed by atoms with van der Waals surface area (Å²) in [6, 6.07) is 11.6. The molecule has 3 rings (SSSR count). The van der Waals surface area contributed by atoms with Crippen LogP contribution in [-0.2, 0) is 0 Å². The Labute approximate surface area is 162 Å². The molecule has 0 radical (unpaired) electrons. The summed E-state index contributed by atoms with van der Waals surface area (Å²) < 4.78 is 11.3. The number of hydrogen-bond acceptors (Lipinski definition) is 6. The Morgan fingerprint density at radius 2 is 1.85 bits per heavy atom. The van der Waals surface area contributed by atoms with Crippen LogP contribution in [0.3, 0.4) is 0 Å². The molecule has 0 aliphatic rings. The van der Waals surface area contributed by atoms with Gasteiger partial charge in [-0.1, -0.05) is 18.3 Å². The van der Waals surface area contributed by atoms with Crippen molar-refractivity contribution in [3.8, 4) is 33.5 Å². The molecule has 5 nitrogen and oxygen atoms in total. The predicted octanol–water partition coefficient (Wildman–Crippen LogP) is 5.04. The zero-order chi connectivity index (χ0) is 18.4. The molecule has 1 N–H and O–H groups in total. The smallest absolute Gasteiger partial charge is 0.161 e. The van der Waals surface area contributed by atoms with Gasteiger partial charge in [-0.15, -0.1) is 11.3 Å². The van der Waals surface area contributed by atoms with E-state index in [4.69, 9.17) is 26.7 Å². The van der Waals surface area contributed by atoms with Gasteiger partial charge in [-0.25, -0.2) is 9.97 Å². The predicted molar refractivity (Wildman–Crippen MR) is 110 cm³/mol. The largest absolute Gasteiger partial charge is 0.490 e. The summed E-state index contributed by atoms with van der Waals surface area (Å²) in [5.41, 5.74) is 4.05. The third-order valence-electron chi connectivity index (χ3n) is 3.51. The Balaban J connectivity index is 1.91. The van der Waals surface area contributed by atoms with E-state index >= 15 is 0 Å². The van der Waals surface area contributed by atoms with E-state index in [0.717, 1.165) is 33.5 Å². The van der Waals surface area contributed by atoms with Gasteiger partial charge in [0.15, 0.2) is 11.5 Å². The number of thiocarbonyl (C=S) groups is 1. The van der Waals surface area contributed by atoms with Gasteiger partial charge < -0.3 is 14.8 Å². The number of nitrogens with one attached hydrogen (secondary N) is 1. The van der Waals surface area contributed by atoms with Crippen LogP contribution < -0.4 is 14.8 Å². The van der Waals surface area contributed by atoms with Crippen LogP contribution in [0, 0.1) is 0 Å². The molecule has 2 heterocycles. The maximum atomic E-state index is 5.70. The van der Waals surface area contributed by atoms with Crippen molar-refractivity contribution in [1.29, 1.82) is 0 Å². The van der Waals surface area contributed by atoms with Crippen molar-refractivity contribution >= 4 is 34.9 Å². The molecule has 134 valence electrons. The van der Waals surface area contributed by atoms with Crippen molar-refractivity contribution in [1.82, 2.24) is 9.97 Å². The average Bonchev–Trinajstić information content (AvgIpc) is 3.14. The first kappa shape index (κ1) is 18.3. The molecule has 0 unspecified atom stereocenters. The average molecular weight is 386 g/mol. The van der Waals surface area contributed by atoms with Gasteiger partial charge in [0.1, 0.15) is 16.5 Å². The van der Waals surface area contributed by atoms with Crippen LogP contribution in [0.2, 0.25) is 0 Å². The molecule has 0 saturated carbocycles. The monoisotopic (exact) mass is 385 g/mol. The van der Waals surface area contributed by atoms with Crippen molar-refractivity contribution in [3.63, 3.8) is 0 Å². The van der Waals surface area contributed by atoms with Crippen LogP contribution in [0.1, 0.15) is 13.8 Å². The number of thiazole rings is 1. The highest BCUT2D eigenvalue weighted by atomic mass is 32.1. The summed E-state index contributed by atoms with van der Waals surface area (Å²) in [7, 11) is 0. The maximum Gasteiger partial charge on any atom is 0.161 e. The van der Waals surface area contributed by atoms with Gasteiger partial charge in [0.25, 0.3) is 0 Å². The normalized spacial score (nSPS) is 10.4. The van der Waals surface area contributed by atoms with Crippen LogP contribution >= 0.6 is 23.6 Å². The number of hydrogen-bond donors (Lipinski definition) is 1. The van der Waals surface area contributed by atoms with Gasteiger partial charge in [-0.2, -0.15) is 0 Å². The quantitative estimate of drug-likeness (QED) is 0.548. The number of benzene rings is 1. The molecule has 3 aromatic rings. The number of rotatable bonds is 8. The van der Waals surface area contributed by atoms with Crippen LogP contribution in [0.5, 0.6) is 11.5 Å². The fourth-order valence-electron chi connectivity index (χ4n) is 2.43. The molecular weight excluding hydrogens is 366 g/mol. The highest BCUT2D eigenvalue weighted by Crippen LogP contribution is 2.35. The molecule has 0 atom stereocenters. The first-order valence-corrected chi connectivity index (χ1v) is 9.63. The number of aromatic nitrogens is 2. The first-order chi connectivity index (χ1) is 12.7. The highest BCUT2D eigenvalue weighted by Gasteiger charge is 2.12. The Hall–Kier alpha value is -2.51. The Morgan fingerprint density at radius 3 is 2.62 bits per heavy atom. The van der Waals surface area contributed by atoms with Crippen LogP contribution in [0.4, 0.5) is 5.82 Å². The van der Waals surface area contributed by atoms with Crippen molar-refractivity contribution in [3.05, 3.63) is 41.8 Å². The molecule has 0 amide bonds. The third kappa shape index (κ3) is 4.17. The highest BCUT2D eigenvalue weighted by molar-refractivity contribution is 7.79. The van der Waals surface area contributed by atoms with E-state index < -0.39 is 0 Å². The van der Waals surface area contributed by atoms with Gasteiger partial charge in [-0.3, -0.25) is 0 Å². The zero-order valence-electron chi connectivity index (χ0n) is 14.6. The Kier molecular flexibility index (Phi) is 6.14. The lowest BCUT2D eigenvalue weighted by atomic mass is 10.2. The SMILES string of the molecule is CCOc1ccc(-c2nc(-c3cccc(NC=S)n3)cs2)cc1OCC.